The molecule has 0 aliphatic rings. The van der Waals surface area contributed by atoms with Gasteiger partial charge in [0.15, 0.2) is 0 Å². The van der Waals surface area contributed by atoms with E-state index in [1.807, 2.05) is 13.0 Å². The average Bonchev–Trinajstić information content (AvgIpc) is 2.48. The lowest BCUT2D eigenvalue weighted by Crippen LogP contribution is -2.36. The molecule has 3 N–H and O–H groups in total. The van der Waals surface area contributed by atoms with Gasteiger partial charge in [0.1, 0.15) is 5.76 Å². The Hall–Kier alpha value is -0.450. The molecule has 0 spiro atoms. The number of aryl methyl sites for hydroxylation is 1. The van der Waals surface area contributed by atoms with Gasteiger partial charge in [0, 0.05) is 17.2 Å². The van der Waals surface area contributed by atoms with Crippen LogP contribution in [0.5, 0.6) is 0 Å². The Balaban J connectivity index is 2.48. The van der Waals surface area contributed by atoms with Gasteiger partial charge in [-0.25, -0.2) is 0 Å². The van der Waals surface area contributed by atoms with Crippen LogP contribution >= 0.6 is 11.8 Å². The van der Waals surface area contributed by atoms with Crippen molar-refractivity contribution in [3.05, 3.63) is 18.1 Å². The van der Waals surface area contributed by atoms with Crippen LogP contribution in [0, 0.1) is 6.92 Å². The summed E-state index contributed by atoms with van der Waals surface area (Å²) in [5, 5.41) is 9.64. The molecule has 1 heterocycles. The molecule has 0 fully saturated rings. The standard InChI is InChI=1S/C9H15NO2S/c1-7-8(3-4-12-7)13-6-9(2,11)5-10/h3-4,11H,5-6,10H2,1-2H3. The third kappa shape index (κ3) is 3.06. The minimum absolute atomic E-state index is 0.275. The van der Waals surface area contributed by atoms with Gasteiger partial charge in [-0.1, -0.05) is 0 Å². The van der Waals surface area contributed by atoms with Crippen molar-refractivity contribution in [3.63, 3.8) is 0 Å². The number of aliphatic hydroxyl groups is 1. The lowest BCUT2D eigenvalue weighted by molar-refractivity contribution is 0.0949. The minimum Gasteiger partial charge on any atom is -0.468 e. The Labute approximate surface area is 82.3 Å². The van der Waals surface area contributed by atoms with E-state index in [1.54, 1.807) is 24.9 Å². The molecule has 3 nitrogen and oxygen atoms in total. The summed E-state index contributed by atoms with van der Waals surface area (Å²) in [4.78, 5) is 1.06. The van der Waals surface area contributed by atoms with E-state index in [9.17, 15) is 5.11 Å². The van der Waals surface area contributed by atoms with Crippen LogP contribution < -0.4 is 5.73 Å². The summed E-state index contributed by atoms with van der Waals surface area (Å²) in [5.74, 6) is 1.47. The molecule has 1 rings (SSSR count). The summed E-state index contributed by atoms with van der Waals surface area (Å²) in [6, 6.07) is 1.90. The molecule has 0 aliphatic carbocycles. The first-order chi connectivity index (χ1) is 6.05. The van der Waals surface area contributed by atoms with Crippen LogP contribution in [0.4, 0.5) is 0 Å². The van der Waals surface area contributed by atoms with Crippen LogP contribution in [-0.4, -0.2) is 23.0 Å². The van der Waals surface area contributed by atoms with Crippen LogP contribution in [-0.2, 0) is 0 Å². The van der Waals surface area contributed by atoms with Crippen molar-refractivity contribution in [2.24, 2.45) is 5.73 Å². The van der Waals surface area contributed by atoms with E-state index >= 15 is 0 Å². The van der Waals surface area contributed by atoms with Crippen LogP contribution in [0.25, 0.3) is 0 Å². The zero-order valence-corrected chi connectivity index (χ0v) is 8.73. The van der Waals surface area contributed by atoms with Crippen LogP contribution in [0.3, 0.4) is 0 Å². The van der Waals surface area contributed by atoms with Gasteiger partial charge in [-0.3, -0.25) is 0 Å². The van der Waals surface area contributed by atoms with Gasteiger partial charge < -0.3 is 15.3 Å². The molecule has 1 aromatic rings. The number of hydrogen-bond acceptors (Lipinski definition) is 4. The molecular weight excluding hydrogens is 186 g/mol. The van der Waals surface area contributed by atoms with Gasteiger partial charge in [0.2, 0.25) is 0 Å². The molecule has 0 amide bonds. The third-order valence-electron chi connectivity index (χ3n) is 1.79. The zero-order chi connectivity index (χ0) is 9.90. The fraction of sp³-hybridized carbons (Fsp3) is 0.556. The molecule has 0 aromatic carbocycles. The molecule has 0 saturated carbocycles. The first-order valence-electron chi connectivity index (χ1n) is 4.14. The highest BCUT2D eigenvalue weighted by molar-refractivity contribution is 7.99. The van der Waals surface area contributed by atoms with E-state index < -0.39 is 5.60 Å². The van der Waals surface area contributed by atoms with Crippen LogP contribution in [0.2, 0.25) is 0 Å². The number of hydrogen-bond donors (Lipinski definition) is 2. The highest BCUT2D eigenvalue weighted by atomic mass is 32.2. The lowest BCUT2D eigenvalue weighted by Gasteiger charge is -2.19. The van der Waals surface area contributed by atoms with Gasteiger partial charge in [-0.05, 0) is 19.9 Å². The molecule has 0 radical (unpaired) electrons. The topological polar surface area (TPSA) is 59.4 Å². The largest absolute Gasteiger partial charge is 0.468 e. The molecule has 1 aromatic heterocycles. The molecule has 4 heteroatoms. The van der Waals surface area contributed by atoms with E-state index in [-0.39, 0.29) is 6.54 Å². The Kier molecular flexibility index (Phi) is 3.41. The molecule has 0 aliphatic heterocycles. The second kappa shape index (κ2) is 4.17. The third-order valence-corrected chi connectivity index (χ3v) is 3.29. The molecule has 74 valence electrons. The van der Waals surface area contributed by atoms with Gasteiger partial charge >= 0.3 is 0 Å². The van der Waals surface area contributed by atoms with Crippen molar-refractivity contribution in [2.45, 2.75) is 24.3 Å². The maximum absolute atomic E-state index is 9.64. The van der Waals surface area contributed by atoms with Gasteiger partial charge in [-0.15, -0.1) is 11.8 Å². The van der Waals surface area contributed by atoms with E-state index in [0.717, 1.165) is 10.7 Å². The Morgan fingerprint density at radius 1 is 1.69 bits per heavy atom. The van der Waals surface area contributed by atoms with Crippen LogP contribution in [0.1, 0.15) is 12.7 Å². The van der Waals surface area contributed by atoms with Crippen molar-refractivity contribution in [2.75, 3.05) is 12.3 Å². The highest BCUT2D eigenvalue weighted by Gasteiger charge is 2.18. The summed E-state index contributed by atoms with van der Waals surface area (Å²) < 4.78 is 5.13. The van der Waals surface area contributed by atoms with Crippen molar-refractivity contribution in [1.82, 2.24) is 0 Å². The molecule has 0 saturated heterocycles. The first-order valence-corrected chi connectivity index (χ1v) is 5.13. The van der Waals surface area contributed by atoms with Crippen molar-refractivity contribution < 1.29 is 9.52 Å². The normalized spacial score (nSPS) is 15.7. The molecule has 13 heavy (non-hydrogen) atoms. The molecule has 1 unspecified atom stereocenters. The van der Waals surface area contributed by atoms with Crippen molar-refractivity contribution in [3.8, 4) is 0 Å². The molecular formula is C9H15NO2S. The molecule has 1 atom stereocenters. The van der Waals surface area contributed by atoms with Gasteiger partial charge in [-0.2, -0.15) is 0 Å². The van der Waals surface area contributed by atoms with Gasteiger partial charge in [0.05, 0.1) is 11.9 Å². The number of thioether (sulfide) groups is 1. The number of nitrogens with two attached hydrogens (primary N) is 1. The van der Waals surface area contributed by atoms with Crippen molar-refractivity contribution in [1.29, 1.82) is 0 Å². The van der Waals surface area contributed by atoms with Gasteiger partial charge in [0.25, 0.3) is 0 Å². The number of rotatable bonds is 4. The van der Waals surface area contributed by atoms with E-state index in [2.05, 4.69) is 0 Å². The average molecular weight is 201 g/mol. The number of furan rings is 1. The smallest absolute Gasteiger partial charge is 0.114 e. The Morgan fingerprint density at radius 2 is 2.38 bits per heavy atom. The summed E-state index contributed by atoms with van der Waals surface area (Å²) in [7, 11) is 0. The predicted molar refractivity (Wildman–Crippen MR) is 53.8 cm³/mol. The van der Waals surface area contributed by atoms with Crippen molar-refractivity contribution >= 4 is 11.8 Å². The maximum Gasteiger partial charge on any atom is 0.114 e. The second-order valence-corrected chi connectivity index (χ2v) is 4.35. The van der Waals surface area contributed by atoms with E-state index in [4.69, 9.17) is 10.2 Å². The predicted octanol–water partition coefficient (Wildman–Crippen LogP) is 1.39. The van der Waals surface area contributed by atoms with E-state index in [0.29, 0.717) is 5.75 Å². The quantitative estimate of drug-likeness (QED) is 0.723. The highest BCUT2D eigenvalue weighted by Crippen LogP contribution is 2.25. The fourth-order valence-corrected chi connectivity index (χ4v) is 1.80. The summed E-state index contributed by atoms with van der Waals surface area (Å²) in [6.07, 6.45) is 1.65. The van der Waals surface area contributed by atoms with Crippen LogP contribution in [0.15, 0.2) is 21.6 Å². The summed E-state index contributed by atoms with van der Waals surface area (Å²) in [6.45, 7) is 3.91. The summed E-state index contributed by atoms with van der Waals surface area (Å²) in [5.41, 5.74) is 4.60. The second-order valence-electron chi connectivity index (χ2n) is 3.33. The first kappa shape index (κ1) is 10.6. The monoisotopic (exact) mass is 201 g/mol. The summed E-state index contributed by atoms with van der Waals surface area (Å²) >= 11 is 1.56. The maximum atomic E-state index is 9.64. The Bertz CT molecular complexity index is 270. The molecule has 0 bridgehead atoms. The lowest BCUT2D eigenvalue weighted by atomic mass is 10.1. The minimum atomic E-state index is -0.797. The fourth-order valence-electron chi connectivity index (χ4n) is 0.815. The zero-order valence-electron chi connectivity index (χ0n) is 7.91. The van der Waals surface area contributed by atoms with E-state index in [1.165, 1.54) is 0 Å². The Morgan fingerprint density at radius 3 is 2.85 bits per heavy atom. The SMILES string of the molecule is Cc1occc1SCC(C)(O)CN.